The highest BCUT2D eigenvalue weighted by molar-refractivity contribution is 5.63. The zero-order valence-corrected chi connectivity index (χ0v) is 7.84. The van der Waals surface area contributed by atoms with Crippen LogP contribution in [-0.4, -0.2) is 17.0 Å². The number of ether oxygens (including phenoxy) is 1. The summed E-state index contributed by atoms with van der Waals surface area (Å²) in [5, 5.41) is 3.90. The molecule has 0 bridgehead atoms. The molecule has 0 aliphatic carbocycles. The zero-order chi connectivity index (χ0) is 9.97. The van der Waals surface area contributed by atoms with Gasteiger partial charge in [-0.3, -0.25) is 0 Å². The molecule has 1 aromatic heterocycles. The van der Waals surface area contributed by atoms with Gasteiger partial charge in [0.1, 0.15) is 5.75 Å². The van der Waals surface area contributed by atoms with E-state index in [0.29, 0.717) is 0 Å². The van der Waals surface area contributed by atoms with Crippen LogP contribution in [0.25, 0.3) is 11.1 Å². The summed E-state index contributed by atoms with van der Waals surface area (Å²) in [5.74, 6) is 6.29. The van der Waals surface area contributed by atoms with Crippen molar-refractivity contribution in [1.82, 2.24) is 9.89 Å². The molecule has 14 heavy (non-hydrogen) atoms. The molecule has 0 spiro atoms. The van der Waals surface area contributed by atoms with Crippen LogP contribution in [0.1, 0.15) is 0 Å². The summed E-state index contributed by atoms with van der Waals surface area (Å²) in [6.45, 7) is 0. The van der Waals surface area contributed by atoms with Gasteiger partial charge in [-0.15, -0.1) is 0 Å². The number of aromatic nitrogens is 2. The van der Waals surface area contributed by atoms with Crippen LogP contribution < -0.4 is 10.6 Å². The first kappa shape index (κ1) is 8.62. The zero-order valence-electron chi connectivity index (χ0n) is 7.84. The Labute approximate surface area is 81.9 Å². The summed E-state index contributed by atoms with van der Waals surface area (Å²) < 4.78 is 5.12. The molecule has 0 unspecified atom stereocenters. The van der Waals surface area contributed by atoms with Crippen molar-refractivity contribution in [2.45, 2.75) is 0 Å². The van der Waals surface area contributed by atoms with Crippen molar-refractivity contribution >= 4 is 0 Å². The van der Waals surface area contributed by atoms with Crippen molar-refractivity contribution < 1.29 is 4.74 Å². The van der Waals surface area contributed by atoms with Gasteiger partial charge in [-0.25, -0.2) is 0 Å². The highest BCUT2D eigenvalue weighted by Gasteiger charge is 2.01. The normalized spacial score (nSPS) is 10.1. The molecular formula is C10H11N3O. The molecule has 4 heteroatoms. The summed E-state index contributed by atoms with van der Waals surface area (Å²) in [6, 6.07) is 7.76. The first-order valence-electron chi connectivity index (χ1n) is 4.24. The summed E-state index contributed by atoms with van der Waals surface area (Å²) in [7, 11) is 1.64. The van der Waals surface area contributed by atoms with Crippen LogP contribution in [-0.2, 0) is 0 Å². The maximum Gasteiger partial charge on any atom is 0.119 e. The van der Waals surface area contributed by atoms with E-state index in [-0.39, 0.29) is 0 Å². The summed E-state index contributed by atoms with van der Waals surface area (Å²) in [6.07, 6.45) is 3.48. The predicted molar refractivity (Wildman–Crippen MR) is 54.4 cm³/mol. The van der Waals surface area contributed by atoms with Gasteiger partial charge >= 0.3 is 0 Å². The average molecular weight is 189 g/mol. The number of nitrogens with zero attached hydrogens (tertiary/aromatic N) is 2. The van der Waals surface area contributed by atoms with Gasteiger partial charge in [-0.2, -0.15) is 9.89 Å². The highest BCUT2D eigenvalue weighted by Crippen LogP contribution is 2.22. The number of rotatable bonds is 2. The lowest BCUT2D eigenvalue weighted by molar-refractivity contribution is 0.415. The molecule has 0 atom stereocenters. The first-order valence-corrected chi connectivity index (χ1v) is 4.24. The third kappa shape index (κ3) is 1.54. The maximum absolute atomic E-state index is 5.46. The lowest BCUT2D eigenvalue weighted by atomic mass is 10.1. The lowest BCUT2D eigenvalue weighted by Crippen LogP contribution is -2.06. The third-order valence-corrected chi connectivity index (χ3v) is 2.00. The Morgan fingerprint density at radius 3 is 2.86 bits per heavy atom. The molecule has 2 rings (SSSR count). The topological polar surface area (TPSA) is 53.1 Å². The average Bonchev–Trinajstić information content (AvgIpc) is 2.65. The highest BCUT2D eigenvalue weighted by atomic mass is 16.5. The number of hydrogen-bond donors (Lipinski definition) is 1. The minimum absolute atomic E-state index is 0.826. The quantitative estimate of drug-likeness (QED) is 0.724. The number of nitrogens with two attached hydrogens (primary N) is 1. The Kier molecular flexibility index (Phi) is 2.10. The molecule has 0 saturated carbocycles. The maximum atomic E-state index is 5.46. The molecule has 1 heterocycles. The van der Waals surface area contributed by atoms with E-state index in [1.165, 1.54) is 4.79 Å². The van der Waals surface area contributed by atoms with Gasteiger partial charge in [0.05, 0.1) is 19.5 Å². The van der Waals surface area contributed by atoms with E-state index in [4.69, 9.17) is 10.6 Å². The van der Waals surface area contributed by atoms with E-state index in [1.54, 1.807) is 19.5 Å². The fourth-order valence-corrected chi connectivity index (χ4v) is 1.29. The second kappa shape index (κ2) is 3.41. The SMILES string of the molecule is COc1cccc(-c2cnn(N)c2)c1. The van der Waals surface area contributed by atoms with Crippen LogP contribution in [0.15, 0.2) is 36.7 Å². The van der Waals surface area contributed by atoms with Gasteiger partial charge in [0.25, 0.3) is 0 Å². The Balaban J connectivity index is 2.41. The van der Waals surface area contributed by atoms with E-state index < -0.39 is 0 Å². The van der Waals surface area contributed by atoms with Gasteiger partial charge < -0.3 is 10.6 Å². The standard InChI is InChI=1S/C10H11N3O/c1-14-10-4-2-3-8(5-10)9-6-12-13(11)7-9/h2-7H,11H2,1H3. The van der Waals surface area contributed by atoms with E-state index in [1.807, 2.05) is 24.3 Å². The van der Waals surface area contributed by atoms with Crippen LogP contribution in [0.5, 0.6) is 5.75 Å². The molecule has 0 radical (unpaired) electrons. The Hall–Kier alpha value is -1.97. The lowest BCUT2D eigenvalue weighted by Gasteiger charge is -2.01. The molecule has 0 aliphatic rings. The Morgan fingerprint density at radius 1 is 1.36 bits per heavy atom. The van der Waals surface area contributed by atoms with Gasteiger partial charge in [-0.1, -0.05) is 12.1 Å². The molecule has 2 aromatic rings. The Bertz CT molecular complexity index is 436. The summed E-state index contributed by atoms with van der Waals surface area (Å²) in [4.78, 5) is 1.29. The molecule has 72 valence electrons. The second-order valence-electron chi connectivity index (χ2n) is 2.94. The van der Waals surface area contributed by atoms with Gasteiger partial charge in [0.15, 0.2) is 0 Å². The Morgan fingerprint density at radius 2 is 2.21 bits per heavy atom. The number of methoxy groups -OCH3 is 1. The van der Waals surface area contributed by atoms with Gasteiger partial charge in [0.2, 0.25) is 0 Å². The van der Waals surface area contributed by atoms with Gasteiger partial charge in [-0.05, 0) is 17.7 Å². The minimum Gasteiger partial charge on any atom is -0.497 e. The first-order chi connectivity index (χ1) is 6.79. The van der Waals surface area contributed by atoms with Crippen molar-refractivity contribution in [2.24, 2.45) is 0 Å². The van der Waals surface area contributed by atoms with Gasteiger partial charge in [0, 0.05) is 5.56 Å². The van der Waals surface area contributed by atoms with Crippen LogP contribution in [0.2, 0.25) is 0 Å². The smallest absolute Gasteiger partial charge is 0.119 e. The number of nitrogen functional groups attached to an aromatic ring is 1. The summed E-state index contributed by atoms with van der Waals surface area (Å²) >= 11 is 0. The second-order valence-corrected chi connectivity index (χ2v) is 2.94. The number of benzene rings is 1. The predicted octanol–water partition coefficient (Wildman–Crippen LogP) is 1.27. The molecule has 0 fully saturated rings. The van der Waals surface area contributed by atoms with E-state index in [0.717, 1.165) is 16.9 Å². The van der Waals surface area contributed by atoms with Crippen molar-refractivity contribution in [2.75, 3.05) is 13.0 Å². The third-order valence-electron chi connectivity index (χ3n) is 2.00. The molecule has 0 amide bonds. The molecular weight excluding hydrogens is 178 g/mol. The number of hydrogen-bond acceptors (Lipinski definition) is 3. The molecule has 0 saturated heterocycles. The fraction of sp³-hybridized carbons (Fsp3) is 0.100. The largest absolute Gasteiger partial charge is 0.497 e. The van der Waals surface area contributed by atoms with E-state index in [2.05, 4.69) is 5.10 Å². The molecule has 2 N–H and O–H groups in total. The van der Waals surface area contributed by atoms with Crippen LogP contribution in [0.4, 0.5) is 0 Å². The minimum atomic E-state index is 0.826. The van der Waals surface area contributed by atoms with Crippen molar-refractivity contribution in [3.05, 3.63) is 36.7 Å². The van der Waals surface area contributed by atoms with Crippen LogP contribution >= 0.6 is 0 Å². The van der Waals surface area contributed by atoms with E-state index in [9.17, 15) is 0 Å². The van der Waals surface area contributed by atoms with Crippen LogP contribution in [0, 0.1) is 0 Å². The monoisotopic (exact) mass is 189 g/mol. The van der Waals surface area contributed by atoms with Crippen LogP contribution in [0.3, 0.4) is 0 Å². The summed E-state index contributed by atoms with van der Waals surface area (Å²) in [5.41, 5.74) is 2.02. The van der Waals surface area contributed by atoms with E-state index >= 15 is 0 Å². The van der Waals surface area contributed by atoms with Crippen molar-refractivity contribution in [1.29, 1.82) is 0 Å². The van der Waals surface area contributed by atoms with Crippen molar-refractivity contribution in [3.8, 4) is 16.9 Å². The molecule has 4 nitrogen and oxygen atoms in total. The molecule has 1 aromatic carbocycles. The molecule has 0 aliphatic heterocycles. The van der Waals surface area contributed by atoms with Crippen molar-refractivity contribution in [3.63, 3.8) is 0 Å². The fourth-order valence-electron chi connectivity index (χ4n) is 1.29.